The molecular weight excluding hydrogens is 304 g/mol. The first kappa shape index (κ1) is 16.3. The van der Waals surface area contributed by atoms with Crippen molar-refractivity contribution in [2.45, 2.75) is 36.8 Å². The van der Waals surface area contributed by atoms with Crippen LogP contribution in [0.2, 0.25) is 0 Å². The monoisotopic (exact) mass is 321 g/mol. The van der Waals surface area contributed by atoms with Gasteiger partial charge >= 0.3 is 0 Å². The Bertz CT molecular complexity index is 627. The van der Waals surface area contributed by atoms with Crippen molar-refractivity contribution in [3.05, 3.63) is 29.3 Å². The molecule has 0 amide bonds. The van der Waals surface area contributed by atoms with Gasteiger partial charge in [-0.2, -0.15) is 0 Å². The molecule has 1 saturated heterocycles. The molecule has 2 N–H and O–H groups in total. The average Bonchev–Trinajstić information content (AvgIpc) is 2.41. The van der Waals surface area contributed by atoms with Crippen molar-refractivity contribution in [3.63, 3.8) is 0 Å². The number of rotatable bonds is 4. The summed E-state index contributed by atoms with van der Waals surface area (Å²) in [6.07, 6.45) is 1.21. The molecule has 1 aromatic rings. The van der Waals surface area contributed by atoms with Crippen molar-refractivity contribution >= 4 is 10.0 Å². The predicted octanol–water partition coefficient (Wildman–Crippen LogP) is 1.30. The number of ether oxygens (including phenoxy) is 1. The topological polar surface area (TPSA) is 75.6 Å². The van der Waals surface area contributed by atoms with Gasteiger partial charge in [0.1, 0.15) is 4.90 Å². The minimum absolute atomic E-state index is 0.0145. The first-order valence-corrected chi connectivity index (χ1v) is 7.96. The van der Waals surface area contributed by atoms with E-state index in [9.17, 15) is 17.2 Å². The molecule has 0 aliphatic carbocycles. The van der Waals surface area contributed by atoms with Gasteiger partial charge in [0.25, 0.3) is 0 Å². The van der Waals surface area contributed by atoms with E-state index in [4.69, 9.17) is 9.84 Å². The van der Waals surface area contributed by atoms with E-state index in [-0.39, 0.29) is 12.2 Å². The molecule has 1 aliphatic heterocycles. The van der Waals surface area contributed by atoms with Gasteiger partial charge in [-0.15, -0.1) is 0 Å². The second-order valence-electron chi connectivity index (χ2n) is 5.37. The van der Waals surface area contributed by atoms with Crippen LogP contribution in [0.25, 0.3) is 0 Å². The molecule has 1 unspecified atom stereocenters. The summed E-state index contributed by atoms with van der Waals surface area (Å²) in [6.45, 7) is 1.77. The second-order valence-corrected chi connectivity index (χ2v) is 7.02. The summed E-state index contributed by atoms with van der Waals surface area (Å²) >= 11 is 0. The van der Waals surface area contributed by atoms with Gasteiger partial charge in [0.2, 0.25) is 10.0 Å². The van der Waals surface area contributed by atoms with Gasteiger partial charge in [0.05, 0.1) is 18.8 Å². The summed E-state index contributed by atoms with van der Waals surface area (Å²) in [5.41, 5.74) is -0.880. The van der Waals surface area contributed by atoms with Gasteiger partial charge in [-0.05, 0) is 37.5 Å². The van der Waals surface area contributed by atoms with E-state index >= 15 is 0 Å². The van der Waals surface area contributed by atoms with Crippen LogP contribution in [0.1, 0.15) is 25.3 Å². The number of nitrogens with one attached hydrogen (secondary N) is 1. The van der Waals surface area contributed by atoms with Crippen LogP contribution in [0, 0.1) is 11.6 Å². The summed E-state index contributed by atoms with van der Waals surface area (Å²) in [4.78, 5) is -0.807. The Morgan fingerprint density at radius 1 is 1.43 bits per heavy atom. The number of hydrogen-bond donors (Lipinski definition) is 2. The van der Waals surface area contributed by atoms with Crippen LogP contribution in [0.5, 0.6) is 0 Å². The maximum absolute atomic E-state index is 13.8. The van der Waals surface area contributed by atoms with Crippen LogP contribution in [0.4, 0.5) is 8.78 Å². The summed E-state index contributed by atoms with van der Waals surface area (Å²) in [6, 6.07) is 1.69. The summed E-state index contributed by atoms with van der Waals surface area (Å²) < 4.78 is 59.4. The zero-order valence-electron chi connectivity index (χ0n) is 11.5. The van der Waals surface area contributed by atoms with Crippen molar-refractivity contribution in [3.8, 4) is 0 Å². The Labute approximate surface area is 122 Å². The molecule has 21 heavy (non-hydrogen) atoms. The Balaban J connectivity index is 2.37. The van der Waals surface area contributed by atoms with E-state index in [0.29, 0.717) is 19.4 Å². The Kier molecular flexibility index (Phi) is 4.62. The van der Waals surface area contributed by atoms with Gasteiger partial charge < -0.3 is 9.84 Å². The lowest BCUT2D eigenvalue weighted by Gasteiger charge is -2.33. The molecule has 8 heteroatoms. The number of benzene rings is 1. The maximum Gasteiger partial charge on any atom is 0.244 e. The minimum Gasteiger partial charge on any atom is -0.392 e. The molecule has 1 aromatic carbocycles. The standard InChI is InChI=1S/C13H17F2NO4S/c1-13(3-2-4-20-8-13)16-21(18,19)11-6-9(7-17)5-10(14)12(11)15/h5-6,16-17H,2-4,7-8H2,1H3. The number of aliphatic hydroxyl groups excluding tert-OH is 1. The molecule has 0 bridgehead atoms. The second kappa shape index (κ2) is 5.96. The van der Waals surface area contributed by atoms with Gasteiger partial charge in [-0.25, -0.2) is 21.9 Å². The van der Waals surface area contributed by atoms with Crippen LogP contribution in [0.15, 0.2) is 17.0 Å². The van der Waals surface area contributed by atoms with Crippen LogP contribution in [0.3, 0.4) is 0 Å². The van der Waals surface area contributed by atoms with E-state index in [1.807, 2.05) is 0 Å². The summed E-state index contributed by atoms with van der Waals surface area (Å²) in [5.74, 6) is -2.77. The molecule has 0 radical (unpaired) electrons. The predicted molar refractivity (Wildman–Crippen MR) is 71.1 cm³/mol. The molecule has 118 valence electrons. The molecular formula is C13H17F2NO4S. The highest BCUT2D eigenvalue weighted by atomic mass is 32.2. The molecule has 2 rings (SSSR count). The van der Waals surface area contributed by atoms with Gasteiger partial charge in [-0.1, -0.05) is 0 Å². The third-order valence-electron chi connectivity index (χ3n) is 3.35. The van der Waals surface area contributed by atoms with Crippen molar-refractivity contribution < 1.29 is 27.0 Å². The highest BCUT2D eigenvalue weighted by molar-refractivity contribution is 7.89. The van der Waals surface area contributed by atoms with E-state index < -0.39 is 38.7 Å². The first-order chi connectivity index (χ1) is 9.77. The Hall–Kier alpha value is -1.09. The van der Waals surface area contributed by atoms with Crippen molar-refractivity contribution in [2.24, 2.45) is 0 Å². The van der Waals surface area contributed by atoms with Crippen molar-refractivity contribution in [1.29, 1.82) is 0 Å². The van der Waals surface area contributed by atoms with Gasteiger partial charge in [-0.3, -0.25) is 0 Å². The van der Waals surface area contributed by atoms with E-state index in [2.05, 4.69) is 4.72 Å². The summed E-state index contributed by atoms with van der Waals surface area (Å²) in [7, 11) is -4.26. The smallest absolute Gasteiger partial charge is 0.244 e. The molecule has 1 heterocycles. The first-order valence-electron chi connectivity index (χ1n) is 6.48. The van der Waals surface area contributed by atoms with Crippen LogP contribution in [-0.2, 0) is 21.4 Å². The zero-order chi connectivity index (χ0) is 15.7. The van der Waals surface area contributed by atoms with E-state index in [0.717, 1.165) is 12.1 Å². The zero-order valence-corrected chi connectivity index (χ0v) is 12.3. The minimum atomic E-state index is -4.26. The fraction of sp³-hybridized carbons (Fsp3) is 0.538. The van der Waals surface area contributed by atoms with Crippen LogP contribution >= 0.6 is 0 Å². The lowest BCUT2D eigenvalue weighted by molar-refractivity contribution is 0.0386. The molecule has 1 fully saturated rings. The molecule has 0 spiro atoms. The average molecular weight is 321 g/mol. The van der Waals surface area contributed by atoms with E-state index in [1.54, 1.807) is 6.92 Å². The fourth-order valence-electron chi connectivity index (χ4n) is 2.30. The van der Waals surface area contributed by atoms with Crippen LogP contribution < -0.4 is 4.72 Å². The van der Waals surface area contributed by atoms with Gasteiger partial charge in [0.15, 0.2) is 11.6 Å². The highest BCUT2D eigenvalue weighted by Crippen LogP contribution is 2.25. The number of sulfonamides is 1. The Morgan fingerprint density at radius 2 is 2.14 bits per heavy atom. The SMILES string of the molecule is CC1(NS(=O)(=O)c2cc(CO)cc(F)c2F)CCCOC1. The number of halogens is 2. The normalized spacial score (nSPS) is 23.2. The number of hydrogen-bond acceptors (Lipinski definition) is 4. The van der Waals surface area contributed by atoms with Gasteiger partial charge in [0, 0.05) is 6.61 Å². The molecule has 5 nitrogen and oxygen atoms in total. The fourth-order valence-corrected chi connectivity index (χ4v) is 3.86. The third kappa shape index (κ3) is 3.57. The Morgan fingerprint density at radius 3 is 2.71 bits per heavy atom. The largest absolute Gasteiger partial charge is 0.392 e. The summed E-state index contributed by atoms with van der Waals surface area (Å²) in [5, 5.41) is 8.99. The lowest BCUT2D eigenvalue weighted by Crippen LogP contribution is -2.51. The molecule has 1 atom stereocenters. The van der Waals surface area contributed by atoms with Crippen LogP contribution in [-0.4, -0.2) is 32.3 Å². The molecule has 0 aromatic heterocycles. The lowest BCUT2D eigenvalue weighted by atomic mass is 9.97. The highest BCUT2D eigenvalue weighted by Gasteiger charge is 2.34. The molecule has 1 aliphatic rings. The van der Waals surface area contributed by atoms with E-state index in [1.165, 1.54) is 0 Å². The number of aliphatic hydroxyl groups is 1. The molecule has 0 saturated carbocycles. The van der Waals surface area contributed by atoms with Crippen molar-refractivity contribution in [1.82, 2.24) is 4.72 Å². The maximum atomic E-state index is 13.8. The quantitative estimate of drug-likeness (QED) is 0.876. The van der Waals surface area contributed by atoms with Crippen molar-refractivity contribution in [2.75, 3.05) is 13.2 Å². The third-order valence-corrected chi connectivity index (χ3v) is 4.98.